The van der Waals surface area contributed by atoms with Crippen molar-refractivity contribution in [2.45, 2.75) is 443 Å². The van der Waals surface area contributed by atoms with Crippen LogP contribution in [0.15, 0.2) is 24.3 Å². The van der Waals surface area contributed by atoms with Gasteiger partial charge in [0, 0.05) is 12.8 Å². The average molecular weight is 1170 g/mol. The fourth-order valence-electron chi connectivity index (χ4n) is 12.2. The Bertz CT molecular complexity index is 1300. The van der Waals surface area contributed by atoms with Crippen molar-refractivity contribution in [2.24, 2.45) is 0 Å². The van der Waals surface area contributed by atoms with Gasteiger partial charge in [-0.1, -0.05) is 366 Å². The van der Waals surface area contributed by atoms with Crippen molar-refractivity contribution in [1.82, 2.24) is 5.32 Å². The maximum atomic E-state index is 12.5. The first-order valence-electron chi connectivity index (χ1n) is 38.1. The fraction of sp³-hybridized carbons (Fsp3) is 0.922. The van der Waals surface area contributed by atoms with E-state index in [0.29, 0.717) is 25.9 Å². The summed E-state index contributed by atoms with van der Waals surface area (Å²) in [7, 11) is 0. The Labute approximate surface area is 520 Å². The van der Waals surface area contributed by atoms with Crippen LogP contribution in [0.5, 0.6) is 0 Å². The van der Waals surface area contributed by atoms with E-state index in [-0.39, 0.29) is 18.5 Å². The van der Waals surface area contributed by atoms with Gasteiger partial charge in [0.1, 0.15) is 0 Å². The molecule has 1 amide bonds. The summed E-state index contributed by atoms with van der Waals surface area (Å²) in [6.07, 6.45) is 92.6. The lowest BCUT2D eigenvalue weighted by atomic mass is 10.0. The van der Waals surface area contributed by atoms with Crippen LogP contribution in [0.3, 0.4) is 0 Å². The Balaban J connectivity index is 3.31. The second kappa shape index (κ2) is 72.8. The number of rotatable bonds is 72. The highest BCUT2D eigenvalue weighted by molar-refractivity contribution is 5.76. The molecule has 0 aromatic heterocycles. The van der Waals surface area contributed by atoms with Crippen LogP contribution in [0.1, 0.15) is 431 Å². The Kier molecular flexibility index (Phi) is 71.4. The molecule has 2 atom stereocenters. The molecule has 0 aromatic rings. The van der Waals surface area contributed by atoms with E-state index in [2.05, 4.69) is 43.5 Å². The quantitative estimate of drug-likeness (QED) is 0.0320. The van der Waals surface area contributed by atoms with Crippen molar-refractivity contribution in [3.8, 4) is 0 Å². The first-order chi connectivity index (χ1) is 41.0. The molecular weight excluding hydrogens is 1020 g/mol. The van der Waals surface area contributed by atoms with Crippen LogP contribution < -0.4 is 5.32 Å². The van der Waals surface area contributed by atoms with Gasteiger partial charge in [-0.15, -0.1) is 0 Å². The minimum atomic E-state index is -0.661. The molecule has 492 valence electrons. The summed E-state index contributed by atoms with van der Waals surface area (Å²) in [5, 5.41) is 23.3. The molecule has 0 saturated heterocycles. The minimum absolute atomic E-state index is 0.0181. The van der Waals surface area contributed by atoms with Crippen LogP contribution in [0.25, 0.3) is 0 Å². The smallest absolute Gasteiger partial charge is 0.305 e. The van der Waals surface area contributed by atoms with E-state index in [1.807, 2.05) is 0 Å². The third-order valence-corrected chi connectivity index (χ3v) is 18.0. The largest absolute Gasteiger partial charge is 0.466 e. The Morgan fingerprint density at radius 3 is 0.855 bits per heavy atom. The summed E-state index contributed by atoms with van der Waals surface area (Å²) in [6, 6.07) is -0.538. The van der Waals surface area contributed by atoms with Gasteiger partial charge in [-0.05, 0) is 77.0 Å². The Hall–Kier alpha value is -1.66. The van der Waals surface area contributed by atoms with Gasteiger partial charge >= 0.3 is 5.97 Å². The lowest BCUT2D eigenvalue weighted by Gasteiger charge is -2.22. The maximum Gasteiger partial charge on any atom is 0.305 e. The van der Waals surface area contributed by atoms with Gasteiger partial charge in [-0.25, -0.2) is 0 Å². The third kappa shape index (κ3) is 69.3. The van der Waals surface area contributed by atoms with Crippen LogP contribution in [0.4, 0.5) is 0 Å². The molecule has 6 heteroatoms. The molecule has 0 saturated carbocycles. The number of hydrogen-bond donors (Lipinski definition) is 3. The lowest BCUT2D eigenvalue weighted by molar-refractivity contribution is -0.143. The van der Waals surface area contributed by atoms with Crippen molar-refractivity contribution in [1.29, 1.82) is 0 Å². The summed E-state index contributed by atoms with van der Waals surface area (Å²) < 4.78 is 5.51. The van der Waals surface area contributed by atoms with E-state index in [1.165, 1.54) is 353 Å². The number of allylic oxidation sites excluding steroid dienone is 4. The highest BCUT2D eigenvalue weighted by Gasteiger charge is 2.20. The standard InChI is InChI=1S/C77H149NO5/c1-3-5-7-9-11-13-15-17-18-19-40-43-47-51-55-59-63-67-71-77(82)83-72-68-64-60-56-52-48-44-41-38-36-34-32-30-28-26-24-22-20-21-23-25-27-29-31-33-35-37-39-42-46-50-54-58-62-66-70-76(81)78-74(73-79)75(80)69-65-61-57-53-49-45-16-14-12-10-8-6-4-2/h18-19,22,24,74-75,79-80H,3-17,20-21,23,25-73H2,1-2H3,(H,78,81)/b19-18-,24-22-. The number of hydrogen-bond acceptors (Lipinski definition) is 5. The number of aliphatic hydroxyl groups is 2. The second-order valence-electron chi connectivity index (χ2n) is 26.3. The molecule has 2 unspecified atom stereocenters. The molecule has 0 heterocycles. The summed E-state index contributed by atoms with van der Waals surface area (Å²) in [5.74, 6) is -0.0109. The molecule has 0 spiro atoms. The van der Waals surface area contributed by atoms with E-state index in [4.69, 9.17) is 4.74 Å². The molecule has 0 bridgehead atoms. The highest BCUT2D eigenvalue weighted by atomic mass is 16.5. The Morgan fingerprint density at radius 1 is 0.325 bits per heavy atom. The Morgan fingerprint density at radius 2 is 0.566 bits per heavy atom. The molecule has 0 aliphatic heterocycles. The number of nitrogens with one attached hydrogen (secondary N) is 1. The van der Waals surface area contributed by atoms with Gasteiger partial charge in [0.05, 0.1) is 25.4 Å². The predicted octanol–water partition coefficient (Wildman–Crippen LogP) is 24.9. The monoisotopic (exact) mass is 1170 g/mol. The van der Waals surface area contributed by atoms with E-state index in [9.17, 15) is 19.8 Å². The van der Waals surface area contributed by atoms with Crippen molar-refractivity contribution >= 4 is 11.9 Å². The van der Waals surface area contributed by atoms with Crippen LogP contribution in [0, 0.1) is 0 Å². The zero-order valence-electron chi connectivity index (χ0n) is 56.5. The number of unbranched alkanes of at least 4 members (excludes halogenated alkanes) is 57. The van der Waals surface area contributed by atoms with Crippen LogP contribution in [-0.4, -0.2) is 47.4 Å². The summed E-state index contributed by atoms with van der Waals surface area (Å²) >= 11 is 0. The predicted molar refractivity (Wildman–Crippen MR) is 366 cm³/mol. The van der Waals surface area contributed by atoms with Crippen LogP contribution >= 0.6 is 0 Å². The van der Waals surface area contributed by atoms with Gasteiger partial charge in [-0.3, -0.25) is 9.59 Å². The number of carbonyl (C=O) groups excluding carboxylic acids is 2. The van der Waals surface area contributed by atoms with Crippen molar-refractivity contribution < 1.29 is 24.5 Å². The molecule has 3 N–H and O–H groups in total. The van der Waals surface area contributed by atoms with E-state index in [0.717, 1.165) is 44.9 Å². The van der Waals surface area contributed by atoms with Crippen molar-refractivity contribution in [2.75, 3.05) is 13.2 Å². The normalized spacial score (nSPS) is 12.6. The maximum absolute atomic E-state index is 12.5. The number of esters is 1. The fourth-order valence-corrected chi connectivity index (χ4v) is 12.2. The molecule has 83 heavy (non-hydrogen) atoms. The molecule has 0 radical (unpaired) electrons. The SMILES string of the molecule is CCCCCCCCC/C=C\CCCCCCCCCC(=O)OCCCCCCCCCCCCCCCC/C=C\CCCCCCCCCCCCCCCCCCCC(=O)NC(CO)C(O)CCCCCCCCCCCCCCC. The highest BCUT2D eigenvalue weighted by Crippen LogP contribution is 2.19. The molecule has 0 fully saturated rings. The lowest BCUT2D eigenvalue weighted by Crippen LogP contribution is -2.45. The van der Waals surface area contributed by atoms with Crippen molar-refractivity contribution in [3.63, 3.8) is 0 Å². The second-order valence-corrected chi connectivity index (χ2v) is 26.3. The van der Waals surface area contributed by atoms with Gasteiger partial charge in [0.2, 0.25) is 5.91 Å². The first-order valence-corrected chi connectivity index (χ1v) is 38.1. The molecular formula is C77H149NO5. The number of aliphatic hydroxyl groups excluding tert-OH is 2. The summed E-state index contributed by atoms with van der Waals surface area (Å²) in [6.45, 7) is 4.99. The zero-order chi connectivity index (χ0) is 59.9. The van der Waals surface area contributed by atoms with Crippen LogP contribution in [-0.2, 0) is 14.3 Å². The number of carbonyl (C=O) groups is 2. The number of ether oxygens (including phenoxy) is 1. The summed E-state index contributed by atoms with van der Waals surface area (Å²) in [5.41, 5.74) is 0. The van der Waals surface area contributed by atoms with E-state index in [1.54, 1.807) is 0 Å². The summed E-state index contributed by atoms with van der Waals surface area (Å²) in [4.78, 5) is 24.6. The van der Waals surface area contributed by atoms with Gasteiger partial charge < -0.3 is 20.3 Å². The van der Waals surface area contributed by atoms with Gasteiger partial charge in [0.25, 0.3) is 0 Å². The number of amides is 1. The first kappa shape index (κ1) is 81.3. The third-order valence-electron chi connectivity index (χ3n) is 18.0. The molecule has 0 aromatic carbocycles. The topological polar surface area (TPSA) is 95.9 Å². The van der Waals surface area contributed by atoms with Gasteiger partial charge in [0.15, 0.2) is 0 Å². The molecule has 0 aliphatic rings. The average Bonchev–Trinajstić information content (AvgIpc) is 3.49. The molecule has 0 aliphatic carbocycles. The van der Waals surface area contributed by atoms with Crippen molar-refractivity contribution in [3.05, 3.63) is 24.3 Å². The van der Waals surface area contributed by atoms with E-state index >= 15 is 0 Å². The van der Waals surface area contributed by atoms with Gasteiger partial charge in [-0.2, -0.15) is 0 Å². The minimum Gasteiger partial charge on any atom is -0.466 e. The van der Waals surface area contributed by atoms with Crippen LogP contribution in [0.2, 0.25) is 0 Å². The molecule has 6 nitrogen and oxygen atoms in total. The molecule has 0 rings (SSSR count). The zero-order valence-corrected chi connectivity index (χ0v) is 56.5. The van der Waals surface area contributed by atoms with E-state index < -0.39 is 12.1 Å².